The minimum absolute atomic E-state index is 0.113. The first-order chi connectivity index (χ1) is 9.69. The minimum atomic E-state index is -0.231. The highest BCUT2D eigenvalue weighted by atomic mass is 16.3. The van der Waals surface area contributed by atoms with Gasteiger partial charge >= 0.3 is 0 Å². The zero-order valence-corrected chi connectivity index (χ0v) is 11.2. The first-order valence-corrected chi connectivity index (χ1v) is 6.73. The highest BCUT2D eigenvalue weighted by Gasteiger charge is 2.21. The first-order valence-electron chi connectivity index (χ1n) is 6.73. The predicted molar refractivity (Wildman–Crippen MR) is 73.9 cm³/mol. The van der Waals surface area contributed by atoms with E-state index in [0.717, 1.165) is 25.7 Å². The summed E-state index contributed by atoms with van der Waals surface area (Å²) >= 11 is 0. The molecule has 1 aliphatic carbocycles. The fourth-order valence-electron chi connectivity index (χ4n) is 2.22. The molecule has 1 saturated carbocycles. The molecule has 20 heavy (non-hydrogen) atoms. The molecule has 0 spiro atoms. The summed E-state index contributed by atoms with van der Waals surface area (Å²) < 4.78 is 0. The summed E-state index contributed by atoms with van der Waals surface area (Å²) in [6, 6.07) is 3.44. The van der Waals surface area contributed by atoms with E-state index in [2.05, 4.69) is 22.1 Å². The van der Waals surface area contributed by atoms with Crippen LogP contribution in [-0.4, -0.2) is 39.9 Å². The molecular weight excluding hydrogens is 256 g/mol. The van der Waals surface area contributed by atoms with E-state index >= 15 is 0 Å². The molecule has 1 aromatic heterocycles. The third-order valence-electron chi connectivity index (χ3n) is 3.34. The van der Waals surface area contributed by atoms with Crippen molar-refractivity contribution < 1.29 is 15.0 Å². The Kier molecular flexibility index (Phi) is 5.10. The van der Waals surface area contributed by atoms with Crippen molar-refractivity contribution in [2.45, 2.75) is 37.8 Å². The van der Waals surface area contributed by atoms with Crippen molar-refractivity contribution in [2.24, 2.45) is 0 Å². The summed E-state index contributed by atoms with van der Waals surface area (Å²) in [6.45, 7) is -0.199. The number of hydrogen-bond donors (Lipinski definition) is 3. The summed E-state index contributed by atoms with van der Waals surface area (Å²) in [5, 5.41) is 20.9. The summed E-state index contributed by atoms with van der Waals surface area (Å²) in [5.74, 6) is 5.05. The van der Waals surface area contributed by atoms with Gasteiger partial charge in [-0.25, -0.2) is 4.98 Å². The normalized spacial score (nSPS) is 21.7. The lowest BCUT2D eigenvalue weighted by atomic mass is 9.93. The zero-order valence-electron chi connectivity index (χ0n) is 11.2. The summed E-state index contributed by atoms with van der Waals surface area (Å²) in [6.07, 6.45) is 4.34. The molecule has 0 unspecified atom stereocenters. The summed E-state index contributed by atoms with van der Waals surface area (Å²) in [4.78, 5) is 16.1. The fraction of sp³-hybridized carbons (Fsp3) is 0.467. The predicted octanol–water partition coefficient (Wildman–Crippen LogP) is 0.459. The molecule has 1 heterocycles. The topological polar surface area (TPSA) is 82.5 Å². The van der Waals surface area contributed by atoms with Gasteiger partial charge in [-0.15, -0.1) is 0 Å². The number of amides is 1. The molecule has 1 amide bonds. The molecule has 0 bridgehead atoms. The summed E-state index contributed by atoms with van der Waals surface area (Å²) in [5.41, 5.74) is 1.02. The average Bonchev–Trinajstić information content (AvgIpc) is 2.48. The van der Waals surface area contributed by atoms with Crippen molar-refractivity contribution >= 4 is 5.91 Å². The maximum atomic E-state index is 12.0. The monoisotopic (exact) mass is 274 g/mol. The van der Waals surface area contributed by atoms with Crippen LogP contribution in [0.15, 0.2) is 18.3 Å². The van der Waals surface area contributed by atoms with Gasteiger partial charge in [0.2, 0.25) is 0 Å². The molecule has 0 aliphatic heterocycles. The van der Waals surface area contributed by atoms with Crippen molar-refractivity contribution in [2.75, 3.05) is 6.61 Å². The van der Waals surface area contributed by atoms with E-state index in [1.165, 1.54) is 6.20 Å². The van der Waals surface area contributed by atoms with Crippen LogP contribution < -0.4 is 5.32 Å². The van der Waals surface area contributed by atoms with E-state index in [1.54, 1.807) is 12.1 Å². The van der Waals surface area contributed by atoms with Gasteiger partial charge in [-0.2, -0.15) is 0 Å². The van der Waals surface area contributed by atoms with E-state index in [-0.39, 0.29) is 24.7 Å². The molecule has 5 heteroatoms. The summed E-state index contributed by atoms with van der Waals surface area (Å²) in [7, 11) is 0. The van der Waals surface area contributed by atoms with Crippen LogP contribution in [-0.2, 0) is 0 Å². The molecule has 1 aromatic rings. The molecule has 2 rings (SSSR count). The Hall–Kier alpha value is -1.90. The lowest BCUT2D eigenvalue weighted by molar-refractivity contribution is 0.0863. The van der Waals surface area contributed by atoms with Gasteiger partial charge in [-0.3, -0.25) is 4.79 Å². The Morgan fingerprint density at radius 3 is 2.70 bits per heavy atom. The van der Waals surface area contributed by atoms with E-state index in [0.29, 0.717) is 11.3 Å². The van der Waals surface area contributed by atoms with Crippen molar-refractivity contribution in [1.82, 2.24) is 10.3 Å². The number of nitrogens with one attached hydrogen (secondary N) is 1. The van der Waals surface area contributed by atoms with Crippen LogP contribution in [0.25, 0.3) is 0 Å². The van der Waals surface area contributed by atoms with Crippen molar-refractivity contribution in [3.05, 3.63) is 29.6 Å². The van der Waals surface area contributed by atoms with Gasteiger partial charge in [0.05, 0.1) is 6.10 Å². The highest BCUT2D eigenvalue weighted by molar-refractivity contribution is 5.92. The van der Waals surface area contributed by atoms with Crippen LogP contribution in [0.1, 0.15) is 41.7 Å². The molecule has 5 nitrogen and oxygen atoms in total. The van der Waals surface area contributed by atoms with E-state index in [1.807, 2.05) is 0 Å². The Bertz CT molecular complexity index is 508. The standard InChI is InChI=1S/C15H18N2O3/c18-9-1-2-11-3-8-14(16-10-11)15(20)17-12-4-6-13(19)7-5-12/h3,8,10,12-13,18-19H,4-7,9H2,(H,17,20). The van der Waals surface area contributed by atoms with Crippen molar-refractivity contribution in [3.63, 3.8) is 0 Å². The van der Waals surface area contributed by atoms with Crippen molar-refractivity contribution in [3.8, 4) is 11.8 Å². The van der Waals surface area contributed by atoms with Gasteiger partial charge in [0.25, 0.3) is 5.91 Å². The Labute approximate surface area is 118 Å². The molecule has 1 aliphatic rings. The largest absolute Gasteiger partial charge is 0.393 e. The van der Waals surface area contributed by atoms with Gasteiger partial charge in [0.1, 0.15) is 12.3 Å². The average molecular weight is 274 g/mol. The number of carbonyl (C=O) groups is 1. The number of hydrogen-bond acceptors (Lipinski definition) is 4. The maximum Gasteiger partial charge on any atom is 0.270 e. The van der Waals surface area contributed by atoms with Crippen LogP contribution in [0.4, 0.5) is 0 Å². The van der Waals surface area contributed by atoms with Crippen LogP contribution in [0.5, 0.6) is 0 Å². The number of aliphatic hydroxyl groups excluding tert-OH is 2. The first kappa shape index (κ1) is 14.5. The van der Waals surface area contributed by atoms with E-state index < -0.39 is 0 Å². The maximum absolute atomic E-state index is 12.0. The second-order valence-corrected chi connectivity index (χ2v) is 4.87. The molecule has 0 aromatic carbocycles. The lowest BCUT2D eigenvalue weighted by Gasteiger charge is -2.25. The third kappa shape index (κ3) is 4.05. The smallest absolute Gasteiger partial charge is 0.270 e. The Morgan fingerprint density at radius 2 is 2.10 bits per heavy atom. The zero-order chi connectivity index (χ0) is 14.4. The van der Waals surface area contributed by atoms with Crippen LogP contribution in [0, 0.1) is 11.8 Å². The number of pyridine rings is 1. The van der Waals surface area contributed by atoms with Crippen LogP contribution in [0.3, 0.4) is 0 Å². The molecule has 0 atom stereocenters. The van der Waals surface area contributed by atoms with Crippen LogP contribution in [0.2, 0.25) is 0 Å². The SMILES string of the molecule is O=C(NC1CCC(O)CC1)c1ccc(C#CCO)cn1. The van der Waals surface area contributed by atoms with E-state index in [4.69, 9.17) is 5.11 Å². The molecule has 0 saturated heterocycles. The second-order valence-electron chi connectivity index (χ2n) is 4.87. The van der Waals surface area contributed by atoms with Gasteiger partial charge < -0.3 is 15.5 Å². The Morgan fingerprint density at radius 1 is 1.35 bits per heavy atom. The fourth-order valence-corrected chi connectivity index (χ4v) is 2.22. The number of carbonyl (C=O) groups excluding carboxylic acids is 1. The van der Waals surface area contributed by atoms with Gasteiger partial charge in [-0.1, -0.05) is 11.8 Å². The number of aromatic nitrogens is 1. The molecule has 1 fully saturated rings. The second kappa shape index (κ2) is 7.04. The number of rotatable bonds is 2. The molecular formula is C15H18N2O3. The molecule has 106 valence electrons. The Balaban J connectivity index is 1.92. The lowest BCUT2D eigenvalue weighted by Crippen LogP contribution is -2.38. The number of aliphatic hydroxyl groups is 2. The highest BCUT2D eigenvalue weighted by Crippen LogP contribution is 2.18. The molecule has 0 radical (unpaired) electrons. The quantitative estimate of drug-likeness (QED) is 0.684. The van der Waals surface area contributed by atoms with Gasteiger partial charge in [-0.05, 0) is 37.8 Å². The number of nitrogens with zero attached hydrogens (tertiary/aromatic N) is 1. The third-order valence-corrected chi connectivity index (χ3v) is 3.34. The van der Waals surface area contributed by atoms with Gasteiger partial charge in [0, 0.05) is 17.8 Å². The van der Waals surface area contributed by atoms with Crippen LogP contribution >= 0.6 is 0 Å². The minimum Gasteiger partial charge on any atom is -0.393 e. The van der Waals surface area contributed by atoms with E-state index in [9.17, 15) is 9.90 Å². The molecule has 3 N–H and O–H groups in total. The van der Waals surface area contributed by atoms with Gasteiger partial charge in [0.15, 0.2) is 0 Å². The van der Waals surface area contributed by atoms with Crippen molar-refractivity contribution in [1.29, 1.82) is 0 Å².